The highest BCUT2D eigenvalue weighted by atomic mass is 79.9. The van der Waals surface area contributed by atoms with E-state index in [0.717, 1.165) is 22.9 Å². The Hall–Kier alpha value is -2.58. The van der Waals surface area contributed by atoms with Crippen LogP contribution in [0.1, 0.15) is 43.7 Å². The lowest BCUT2D eigenvalue weighted by Gasteiger charge is -2.10. The fourth-order valence-corrected chi connectivity index (χ4v) is 2.99. The van der Waals surface area contributed by atoms with Crippen LogP contribution in [0.3, 0.4) is 0 Å². The number of hydrogen-bond donors (Lipinski definition) is 1. The van der Waals surface area contributed by atoms with Crippen LogP contribution in [0, 0.1) is 18.3 Å². The molecule has 0 aliphatic carbocycles. The number of carbonyl (C=O) groups is 1. The first kappa shape index (κ1) is 21.7. The third kappa shape index (κ3) is 6.86. The SMILES string of the molecule is CCCCCCOc1ccc(Br)cc1/C=C(/C#N)C(=O)Nc1ccc(C)cc1. The largest absolute Gasteiger partial charge is 0.493 e. The Labute approximate surface area is 175 Å². The second-order valence-corrected chi connectivity index (χ2v) is 7.50. The lowest BCUT2D eigenvalue weighted by molar-refractivity contribution is -0.112. The molecule has 2 aromatic carbocycles. The van der Waals surface area contributed by atoms with Gasteiger partial charge < -0.3 is 10.1 Å². The molecule has 4 nitrogen and oxygen atoms in total. The molecule has 0 aromatic heterocycles. The third-order valence-corrected chi connectivity index (χ3v) is 4.69. The zero-order chi connectivity index (χ0) is 20.4. The van der Waals surface area contributed by atoms with Gasteiger partial charge in [-0.2, -0.15) is 5.26 Å². The van der Waals surface area contributed by atoms with Crippen molar-refractivity contribution in [2.75, 3.05) is 11.9 Å². The maximum absolute atomic E-state index is 12.5. The molecule has 5 heteroatoms. The lowest BCUT2D eigenvalue weighted by Crippen LogP contribution is -2.13. The van der Waals surface area contributed by atoms with Crippen molar-refractivity contribution in [1.29, 1.82) is 5.26 Å². The second kappa shape index (κ2) is 11.3. The minimum absolute atomic E-state index is 0.0227. The van der Waals surface area contributed by atoms with E-state index in [0.29, 0.717) is 23.6 Å². The number of carbonyl (C=O) groups excluding carboxylic acids is 1. The predicted octanol–water partition coefficient (Wildman–Crippen LogP) is 6.26. The van der Waals surface area contributed by atoms with E-state index in [1.807, 2.05) is 55.5 Å². The molecule has 28 heavy (non-hydrogen) atoms. The quantitative estimate of drug-likeness (QED) is 0.284. The van der Waals surface area contributed by atoms with Gasteiger partial charge in [0.05, 0.1) is 6.61 Å². The minimum Gasteiger partial charge on any atom is -0.493 e. The van der Waals surface area contributed by atoms with Gasteiger partial charge in [0.1, 0.15) is 17.4 Å². The molecule has 0 unspecified atom stereocenters. The lowest BCUT2D eigenvalue weighted by atomic mass is 10.1. The highest BCUT2D eigenvalue weighted by Crippen LogP contribution is 2.26. The Balaban J connectivity index is 2.15. The summed E-state index contributed by atoms with van der Waals surface area (Å²) in [5.74, 6) is 0.218. The van der Waals surface area contributed by atoms with Crippen LogP contribution in [0.5, 0.6) is 5.75 Å². The summed E-state index contributed by atoms with van der Waals surface area (Å²) in [6.45, 7) is 4.76. The molecule has 1 N–H and O–H groups in total. The van der Waals surface area contributed by atoms with Crippen LogP contribution in [-0.4, -0.2) is 12.5 Å². The van der Waals surface area contributed by atoms with Crippen molar-refractivity contribution >= 4 is 33.6 Å². The minimum atomic E-state index is -0.444. The highest BCUT2D eigenvalue weighted by Gasteiger charge is 2.12. The standard InChI is InChI=1S/C23H25BrN2O2/c1-3-4-5-6-13-28-22-12-9-20(24)15-18(22)14-19(16-25)23(27)26-21-10-7-17(2)8-11-21/h7-12,14-15H,3-6,13H2,1-2H3,(H,26,27)/b19-14-. The van der Waals surface area contributed by atoms with E-state index >= 15 is 0 Å². The molecule has 0 aliphatic rings. The number of anilines is 1. The van der Waals surface area contributed by atoms with E-state index in [1.54, 1.807) is 6.08 Å². The first-order valence-corrected chi connectivity index (χ1v) is 10.2. The monoisotopic (exact) mass is 440 g/mol. The van der Waals surface area contributed by atoms with Gasteiger partial charge >= 0.3 is 0 Å². The Kier molecular flexibility index (Phi) is 8.77. The Morgan fingerprint density at radius 2 is 1.93 bits per heavy atom. The van der Waals surface area contributed by atoms with Gasteiger partial charge in [0.25, 0.3) is 5.91 Å². The third-order valence-electron chi connectivity index (χ3n) is 4.20. The van der Waals surface area contributed by atoms with Crippen molar-refractivity contribution in [3.05, 3.63) is 63.6 Å². The van der Waals surface area contributed by atoms with Crippen LogP contribution < -0.4 is 10.1 Å². The van der Waals surface area contributed by atoms with Crippen molar-refractivity contribution in [3.8, 4) is 11.8 Å². The predicted molar refractivity (Wildman–Crippen MR) is 117 cm³/mol. The zero-order valence-electron chi connectivity index (χ0n) is 16.3. The van der Waals surface area contributed by atoms with Gasteiger partial charge in [0.15, 0.2) is 0 Å². The van der Waals surface area contributed by atoms with Gasteiger partial charge in [-0.15, -0.1) is 0 Å². The number of halogens is 1. The van der Waals surface area contributed by atoms with Crippen molar-refractivity contribution in [3.63, 3.8) is 0 Å². The van der Waals surface area contributed by atoms with E-state index in [2.05, 4.69) is 28.2 Å². The molecule has 0 saturated heterocycles. The summed E-state index contributed by atoms with van der Waals surface area (Å²) in [6, 6.07) is 15.0. The normalized spacial score (nSPS) is 11.0. The number of aryl methyl sites for hydroxylation is 1. The number of nitriles is 1. The Morgan fingerprint density at radius 1 is 1.18 bits per heavy atom. The molecular formula is C23H25BrN2O2. The van der Waals surface area contributed by atoms with E-state index < -0.39 is 5.91 Å². The fourth-order valence-electron chi connectivity index (χ4n) is 2.61. The molecule has 0 fully saturated rings. The molecule has 1 amide bonds. The average molecular weight is 441 g/mol. The summed E-state index contributed by atoms with van der Waals surface area (Å²) in [5.41, 5.74) is 2.47. The maximum Gasteiger partial charge on any atom is 0.266 e. The topological polar surface area (TPSA) is 62.1 Å². The van der Waals surface area contributed by atoms with Gasteiger partial charge in [-0.1, -0.05) is 59.8 Å². The van der Waals surface area contributed by atoms with Crippen LogP contribution in [0.25, 0.3) is 6.08 Å². The molecule has 2 rings (SSSR count). The molecule has 0 atom stereocenters. The van der Waals surface area contributed by atoms with Crippen molar-refractivity contribution in [2.24, 2.45) is 0 Å². The number of nitrogens with zero attached hydrogens (tertiary/aromatic N) is 1. The van der Waals surface area contributed by atoms with E-state index in [-0.39, 0.29) is 5.57 Å². The Bertz CT molecular complexity index is 867. The summed E-state index contributed by atoms with van der Waals surface area (Å²) in [6.07, 6.45) is 6.03. The number of hydrogen-bond acceptors (Lipinski definition) is 3. The van der Waals surface area contributed by atoms with Gasteiger partial charge in [-0.25, -0.2) is 0 Å². The molecule has 146 valence electrons. The number of ether oxygens (including phenoxy) is 1. The number of unbranched alkanes of at least 4 members (excludes halogenated alkanes) is 3. The molecule has 0 heterocycles. The zero-order valence-corrected chi connectivity index (χ0v) is 17.9. The van der Waals surface area contributed by atoms with Gasteiger partial charge in [-0.3, -0.25) is 4.79 Å². The average Bonchev–Trinajstić information content (AvgIpc) is 2.69. The van der Waals surface area contributed by atoms with E-state index in [1.165, 1.54) is 12.8 Å². The molecular weight excluding hydrogens is 416 g/mol. The Morgan fingerprint density at radius 3 is 2.61 bits per heavy atom. The van der Waals surface area contributed by atoms with Crippen molar-refractivity contribution < 1.29 is 9.53 Å². The molecule has 0 saturated carbocycles. The van der Waals surface area contributed by atoms with Crippen LogP contribution in [0.2, 0.25) is 0 Å². The van der Waals surface area contributed by atoms with Crippen LogP contribution in [0.4, 0.5) is 5.69 Å². The summed E-state index contributed by atoms with van der Waals surface area (Å²) in [7, 11) is 0. The number of amides is 1. The van der Waals surface area contributed by atoms with Crippen LogP contribution in [0.15, 0.2) is 52.5 Å². The summed E-state index contributed by atoms with van der Waals surface area (Å²) in [5, 5.41) is 12.2. The molecule has 2 aromatic rings. The maximum atomic E-state index is 12.5. The molecule has 0 bridgehead atoms. The molecule has 0 spiro atoms. The van der Waals surface area contributed by atoms with Gasteiger partial charge in [-0.05, 0) is 49.8 Å². The molecule has 0 aliphatic heterocycles. The number of benzene rings is 2. The number of rotatable bonds is 9. The first-order valence-electron chi connectivity index (χ1n) is 9.45. The summed E-state index contributed by atoms with van der Waals surface area (Å²) >= 11 is 3.44. The summed E-state index contributed by atoms with van der Waals surface area (Å²) in [4.78, 5) is 12.5. The molecule has 0 radical (unpaired) electrons. The van der Waals surface area contributed by atoms with E-state index in [9.17, 15) is 10.1 Å². The van der Waals surface area contributed by atoms with Crippen molar-refractivity contribution in [2.45, 2.75) is 39.5 Å². The van der Waals surface area contributed by atoms with Crippen LogP contribution >= 0.6 is 15.9 Å². The number of nitrogens with one attached hydrogen (secondary N) is 1. The van der Waals surface area contributed by atoms with Gasteiger partial charge in [0, 0.05) is 15.7 Å². The highest BCUT2D eigenvalue weighted by molar-refractivity contribution is 9.10. The first-order chi connectivity index (χ1) is 13.5. The fraction of sp³-hybridized carbons (Fsp3) is 0.304. The second-order valence-electron chi connectivity index (χ2n) is 6.58. The van der Waals surface area contributed by atoms with E-state index in [4.69, 9.17) is 4.74 Å². The van der Waals surface area contributed by atoms with Crippen LogP contribution in [-0.2, 0) is 4.79 Å². The van der Waals surface area contributed by atoms with Crippen molar-refractivity contribution in [1.82, 2.24) is 0 Å². The summed E-state index contributed by atoms with van der Waals surface area (Å²) < 4.78 is 6.74. The van der Waals surface area contributed by atoms with Gasteiger partial charge in [0.2, 0.25) is 0 Å². The smallest absolute Gasteiger partial charge is 0.266 e.